The molecule has 0 aliphatic rings. The minimum absolute atomic E-state index is 0.261. The lowest BCUT2D eigenvalue weighted by atomic mass is 9.99. The van der Waals surface area contributed by atoms with Crippen molar-refractivity contribution in [2.45, 2.75) is 20.4 Å². The van der Waals surface area contributed by atoms with Crippen LogP contribution in [0.4, 0.5) is 5.82 Å². The first-order valence-electron chi connectivity index (χ1n) is 11.9. The first-order valence-corrected chi connectivity index (χ1v) is 11.9. The number of ether oxygens (including phenoxy) is 1. The second-order valence-electron chi connectivity index (χ2n) is 8.81. The average molecular weight is 510 g/mol. The van der Waals surface area contributed by atoms with Crippen molar-refractivity contribution in [1.29, 1.82) is 0 Å². The van der Waals surface area contributed by atoms with Crippen molar-refractivity contribution in [2.75, 3.05) is 5.73 Å². The van der Waals surface area contributed by atoms with Gasteiger partial charge in [-0.2, -0.15) is 5.10 Å². The van der Waals surface area contributed by atoms with E-state index < -0.39 is 0 Å². The summed E-state index contributed by atoms with van der Waals surface area (Å²) in [5, 5.41) is 8.22. The lowest BCUT2D eigenvalue weighted by Gasteiger charge is -2.11. The second kappa shape index (κ2) is 9.77. The molecule has 0 fully saturated rings. The molecule has 0 unspecified atom stereocenters. The van der Waals surface area contributed by atoms with Gasteiger partial charge in [0.2, 0.25) is 5.91 Å². The Kier molecular flexibility index (Phi) is 6.33. The first-order chi connectivity index (χ1) is 18.3. The van der Waals surface area contributed by atoms with Crippen LogP contribution in [0.3, 0.4) is 0 Å². The van der Waals surface area contributed by atoms with Gasteiger partial charge in [0.25, 0.3) is 0 Å². The van der Waals surface area contributed by atoms with E-state index in [-0.39, 0.29) is 18.5 Å². The molecule has 3 N–H and O–H groups in total. The standard InChI is InChI=1S/C27H27N9O2/c1-6-20(37)30-13-19-16(3)23(36(5)34-19)24-21(22-25(28)31-14-32-26(22)35(24)4)17-7-9-18(10-8-17)38-27-29-12-11-15(2)33-27/h6-12,14H,1,13H2,2-5H3,(H,30,37)(H2,28,31,32). The molecule has 11 nitrogen and oxygen atoms in total. The predicted molar refractivity (Wildman–Crippen MR) is 144 cm³/mol. The van der Waals surface area contributed by atoms with Crippen molar-refractivity contribution < 1.29 is 9.53 Å². The first kappa shape index (κ1) is 24.6. The number of nitrogens with one attached hydrogen (secondary N) is 1. The van der Waals surface area contributed by atoms with E-state index in [4.69, 9.17) is 10.5 Å². The van der Waals surface area contributed by atoms with Crippen LogP contribution in [-0.2, 0) is 25.4 Å². The van der Waals surface area contributed by atoms with E-state index in [1.807, 2.05) is 62.8 Å². The van der Waals surface area contributed by atoms with Gasteiger partial charge in [0.1, 0.15) is 23.5 Å². The molecule has 0 bridgehead atoms. The van der Waals surface area contributed by atoms with Crippen LogP contribution < -0.4 is 15.8 Å². The minimum atomic E-state index is -0.261. The number of hydrogen-bond donors (Lipinski definition) is 2. The topological polar surface area (TPSA) is 139 Å². The second-order valence-corrected chi connectivity index (χ2v) is 8.81. The molecule has 4 heterocycles. The summed E-state index contributed by atoms with van der Waals surface area (Å²) >= 11 is 0. The smallest absolute Gasteiger partial charge is 0.322 e. The van der Waals surface area contributed by atoms with Crippen molar-refractivity contribution in [3.8, 4) is 34.3 Å². The summed E-state index contributed by atoms with van der Waals surface area (Å²) in [7, 11) is 3.81. The summed E-state index contributed by atoms with van der Waals surface area (Å²) < 4.78 is 9.64. The molecule has 5 rings (SSSR count). The molecular formula is C27H27N9O2. The largest absolute Gasteiger partial charge is 0.424 e. The molecular weight excluding hydrogens is 482 g/mol. The third-order valence-electron chi connectivity index (χ3n) is 6.34. The summed E-state index contributed by atoms with van der Waals surface area (Å²) in [5.74, 6) is 0.712. The van der Waals surface area contributed by atoms with E-state index >= 15 is 0 Å². The number of nitrogens with two attached hydrogens (primary N) is 1. The highest BCUT2D eigenvalue weighted by molar-refractivity contribution is 6.07. The number of carbonyl (C=O) groups is 1. The molecule has 192 valence electrons. The number of amides is 1. The maximum absolute atomic E-state index is 11.8. The zero-order chi connectivity index (χ0) is 27.0. The number of carbonyl (C=O) groups excluding carboxylic acids is 1. The van der Waals surface area contributed by atoms with Gasteiger partial charge in [-0.15, -0.1) is 0 Å². The molecule has 0 radical (unpaired) electrons. The normalized spacial score (nSPS) is 11.1. The van der Waals surface area contributed by atoms with Crippen LogP contribution in [0.2, 0.25) is 0 Å². The van der Waals surface area contributed by atoms with Crippen LogP contribution in [-0.4, -0.2) is 40.2 Å². The van der Waals surface area contributed by atoms with Gasteiger partial charge in [0, 0.05) is 37.1 Å². The number of aryl methyl sites for hydroxylation is 3. The number of anilines is 1. The monoisotopic (exact) mass is 509 g/mol. The Morgan fingerprint density at radius 1 is 1.11 bits per heavy atom. The zero-order valence-corrected chi connectivity index (χ0v) is 21.6. The van der Waals surface area contributed by atoms with Gasteiger partial charge in [-0.3, -0.25) is 9.48 Å². The van der Waals surface area contributed by atoms with Crippen LogP contribution in [0.5, 0.6) is 11.8 Å². The fourth-order valence-electron chi connectivity index (χ4n) is 4.53. The minimum Gasteiger partial charge on any atom is -0.424 e. The molecule has 0 aliphatic heterocycles. The highest BCUT2D eigenvalue weighted by Gasteiger charge is 2.26. The highest BCUT2D eigenvalue weighted by atomic mass is 16.5. The van der Waals surface area contributed by atoms with Crippen molar-refractivity contribution in [1.82, 2.24) is 39.6 Å². The Morgan fingerprint density at radius 3 is 2.58 bits per heavy atom. The lowest BCUT2D eigenvalue weighted by Crippen LogP contribution is -2.20. The molecule has 0 saturated carbocycles. The number of fused-ring (bicyclic) bond motifs is 1. The number of benzene rings is 1. The van der Waals surface area contributed by atoms with Crippen molar-refractivity contribution in [3.63, 3.8) is 0 Å². The molecule has 38 heavy (non-hydrogen) atoms. The van der Waals surface area contributed by atoms with Crippen LogP contribution in [0.1, 0.15) is 17.0 Å². The predicted octanol–water partition coefficient (Wildman–Crippen LogP) is 3.62. The van der Waals surface area contributed by atoms with Gasteiger partial charge in [-0.25, -0.2) is 19.9 Å². The lowest BCUT2D eigenvalue weighted by molar-refractivity contribution is -0.116. The van der Waals surface area contributed by atoms with Gasteiger partial charge in [0.05, 0.1) is 29.0 Å². The molecule has 1 aromatic carbocycles. The SMILES string of the molecule is C=CC(=O)NCc1nn(C)c(-c2c(-c3ccc(Oc4nccc(C)n4)cc3)c3c(N)ncnc3n2C)c1C. The fraction of sp³-hybridized carbons (Fsp3) is 0.185. The molecule has 0 spiro atoms. The summed E-state index contributed by atoms with van der Waals surface area (Å²) in [5.41, 5.74) is 13.1. The zero-order valence-electron chi connectivity index (χ0n) is 21.6. The summed E-state index contributed by atoms with van der Waals surface area (Å²) in [6, 6.07) is 9.71. The number of aromatic nitrogens is 7. The van der Waals surface area contributed by atoms with E-state index in [9.17, 15) is 4.79 Å². The van der Waals surface area contributed by atoms with Crippen molar-refractivity contribution >= 4 is 22.8 Å². The Bertz CT molecular complexity index is 1680. The van der Waals surface area contributed by atoms with E-state index in [0.717, 1.165) is 44.9 Å². The molecule has 0 saturated heterocycles. The molecule has 4 aromatic heterocycles. The molecule has 5 aromatic rings. The fourth-order valence-corrected chi connectivity index (χ4v) is 4.53. The third-order valence-corrected chi connectivity index (χ3v) is 6.34. The van der Waals surface area contributed by atoms with Crippen molar-refractivity contribution in [3.05, 3.63) is 72.5 Å². The average Bonchev–Trinajstić information content (AvgIpc) is 3.35. The number of nitrogens with zero attached hydrogens (tertiary/aromatic N) is 7. The number of rotatable bonds is 7. The van der Waals surface area contributed by atoms with E-state index in [1.165, 1.54) is 12.4 Å². The Hall–Kier alpha value is -5.06. The quantitative estimate of drug-likeness (QED) is 0.317. The van der Waals surface area contributed by atoms with Crippen LogP contribution in [0.25, 0.3) is 33.5 Å². The highest BCUT2D eigenvalue weighted by Crippen LogP contribution is 2.43. The molecule has 11 heteroatoms. The maximum atomic E-state index is 11.8. The van der Waals surface area contributed by atoms with Gasteiger partial charge >= 0.3 is 6.01 Å². The van der Waals surface area contributed by atoms with Gasteiger partial charge < -0.3 is 20.4 Å². The van der Waals surface area contributed by atoms with E-state index in [0.29, 0.717) is 17.2 Å². The van der Waals surface area contributed by atoms with Crippen molar-refractivity contribution in [2.24, 2.45) is 14.1 Å². The van der Waals surface area contributed by atoms with Gasteiger partial charge in [-0.05, 0) is 43.7 Å². The Morgan fingerprint density at radius 2 is 1.87 bits per heavy atom. The summed E-state index contributed by atoms with van der Waals surface area (Å²) in [6.07, 6.45) is 4.35. The number of nitrogen functional groups attached to an aromatic ring is 1. The number of hydrogen-bond acceptors (Lipinski definition) is 8. The van der Waals surface area contributed by atoms with Gasteiger partial charge in [0.15, 0.2) is 0 Å². The van der Waals surface area contributed by atoms with Crippen LogP contribution >= 0.6 is 0 Å². The van der Waals surface area contributed by atoms with Crippen LogP contribution in [0.15, 0.2) is 55.5 Å². The Balaban J connectivity index is 1.64. The maximum Gasteiger partial charge on any atom is 0.322 e. The molecule has 0 aliphatic carbocycles. The van der Waals surface area contributed by atoms with E-state index in [2.05, 4.69) is 36.9 Å². The summed E-state index contributed by atoms with van der Waals surface area (Å²) in [6.45, 7) is 7.64. The third kappa shape index (κ3) is 4.34. The Labute approximate surface area is 219 Å². The molecule has 1 amide bonds. The summed E-state index contributed by atoms with van der Waals surface area (Å²) in [4.78, 5) is 29.0. The molecule has 0 atom stereocenters. The van der Waals surface area contributed by atoms with Crippen LogP contribution in [0, 0.1) is 13.8 Å². The van der Waals surface area contributed by atoms with E-state index in [1.54, 1.807) is 10.9 Å². The van der Waals surface area contributed by atoms with Gasteiger partial charge in [-0.1, -0.05) is 18.7 Å².